The van der Waals surface area contributed by atoms with Gasteiger partial charge in [-0.3, -0.25) is 9.69 Å². The molecule has 3 aromatic rings. The van der Waals surface area contributed by atoms with E-state index in [9.17, 15) is 4.79 Å². The van der Waals surface area contributed by atoms with Crippen LogP contribution in [0, 0.1) is 0 Å². The van der Waals surface area contributed by atoms with E-state index in [0.29, 0.717) is 18.9 Å². The molecular weight excluding hydrogens is 348 g/mol. The standard InChI is InChI=1S/C23H28N4O/c1-25(16-19-8-3-2-4-9-19)21-10-7-15-27(18-21)23(28)13-12-20-17-26-14-6-5-11-22(26)24-20/h2-6,8-9,11,14,17,21H,7,10,12-13,15-16,18H2,1H3/t21-/m0/s1. The first kappa shape index (κ1) is 18.7. The van der Waals surface area contributed by atoms with Gasteiger partial charge in [0.25, 0.3) is 0 Å². The molecule has 1 saturated heterocycles. The molecule has 2 aromatic heterocycles. The molecule has 0 saturated carbocycles. The molecule has 1 amide bonds. The maximum Gasteiger partial charge on any atom is 0.223 e. The lowest BCUT2D eigenvalue weighted by molar-refractivity contribution is -0.133. The fraction of sp³-hybridized carbons (Fsp3) is 0.391. The SMILES string of the molecule is CN(Cc1ccccc1)[C@H]1CCCN(C(=O)CCc2cn3ccccc3n2)C1. The number of nitrogens with zero attached hydrogens (tertiary/aromatic N) is 4. The van der Waals surface area contributed by atoms with E-state index in [1.807, 2.05) is 46.0 Å². The van der Waals surface area contributed by atoms with Gasteiger partial charge in [0.2, 0.25) is 5.91 Å². The molecule has 0 bridgehead atoms. The first-order valence-corrected chi connectivity index (χ1v) is 10.1. The molecule has 0 unspecified atom stereocenters. The molecule has 4 rings (SSSR count). The third-order valence-corrected chi connectivity index (χ3v) is 5.66. The van der Waals surface area contributed by atoms with Crippen LogP contribution in [-0.2, 0) is 17.8 Å². The van der Waals surface area contributed by atoms with Crippen LogP contribution < -0.4 is 0 Å². The highest BCUT2D eigenvalue weighted by atomic mass is 16.2. The van der Waals surface area contributed by atoms with Gasteiger partial charge in [0, 0.05) is 44.5 Å². The van der Waals surface area contributed by atoms with Gasteiger partial charge in [-0.25, -0.2) is 4.98 Å². The summed E-state index contributed by atoms with van der Waals surface area (Å²) in [7, 11) is 2.17. The number of pyridine rings is 1. The fourth-order valence-corrected chi connectivity index (χ4v) is 4.04. The van der Waals surface area contributed by atoms with Gasteiger partial charge in [-0.05, 0) is 44.0 Å². The molecular formula is C23H28N4O. The van der Waals surface area contributed by atoms with Crippen molar-refractivity contribution in [2.75, 3.05) is 20.1 Å². The lowest BCUT2D eigenvalue weighted by Crippen LogP contribution is -2.48. The van der Waals surface area contributed by atoms with Crippen molar-refractivity contribution in [3.63, 3.8) is 0 Å². The van der Waals surface area contributed by atoms with Crippen LogP contribution in [0.5, 0.6) is 0 Å². The summed E-state index contributed by atoms with van der Waals surface area (Å²) >= 11 is 0. The normalized spacial score (nSPS) is 17.4. The van der Waals surface area contributed by atoms with Gasteiger partial charge in [0.15, 0.2) is 0 Å². The van der Waals surface area contributed by atoms with Crippen molar-refractivity contribution in [2.45, 2.75) is 38.3 Å². The van der Waals surface area contributed by atoms with Crippen LogP contribution in [0.4, 0.5) is 0 Å². The first-order chi connectivity index (χ1) is 13.7. The Balaban J connectivity index is 1.31. The number of benzene rings is 1. The quantitative estimate of drug-likeness (QED) is 0.662. The van der Waals surface area contributed by atoms with Crippen molar-refractivity contribution >= 4 is 11.6 Å². The lowest BCUT2D eigenvalue weighted by atomic mass is 10.0. The summed E-state index contributed by atoms with van der Waals surface area (Å²) in [6.45, 7) is 2.63. The molecule has 0 spiro atoms. The van der Waals surface area contributed by atoms with E-state index >= 15 is 0 Å². The molecule has 28 heavy (non-hydrogen) atoms. The van der Waals surface area contributed by atoms with Gasteiger partial charge in [0.1, 0.15) is 5.65 Å². The third kappa shape index (κ3) is 4.42. The zero-order chi connectivity index (χ0) is 19.3. The number of hydrogen-bond donors (Lipinski definition) is 0. The number of fused-ring (bicyclic) bond motifs is 1. The Morgan fingerprint density at radius 1 is 1.18 bits per heavy atom. The largest absolute Gasteiger partial charge is 0.341 e. The molecule has 1 aliphatic heterocycles. The Kier molecular flexibility index (Phi) is 5.72. The predicted octanol–water partition coefficient (Wildman–Crippen LogP) is 3.39. The predicted molar refractivity (Wildman–Crippen MR) is 111 cm³/mol. The number of aryl methyl sites for hydroxylation is 1. The molecule has 5 nitrogen and oxygen atoms in total. The lowest BCUT2D eigenvalue weighted by Gasteiger charge is -2.37. The molecule has 146 valence electrons. The van der Waals surface area contributed by atoms with Crippen molar-refractivity contribution < 1.29 is 4.79 Å². The highest BCUT2D eigenvalue weighted by Crippen LogP contribution is 2.18. The van der Waals surface area contributed by atoms with Crippen LogP contribution >= 0.6 is 0 Å². The molecule has 1 fully saturated rings. The van der Waals surface area contributed by atoms with E-state index < -0.39 is 0 Å². The number of imidazole rings is 1. The summed E-state index contributed by atoms with van der Waals surface area (Å²) in [6, 6.07) is 16.9. The van der Waals surface area contributed by atoms with E-state index in [4.69, 9.17) is 0 Å². The molecule has 5 heteroatoms. The fourth-order valence-electron chi connectivity index (χ4n) is 4.04. The minimum atomic E-state index is 0.245. The number of carbonyl (C=O) groups is 1. The van der Waals surface area contributed by atoms with E-state index in [1.165, 1.54) is 5.56 Å². The van der Waals surface area contributed by atoms with Crippen LogP contribution in [0.25, 0.3) is 5.65 Å². The number of piperidine rings is 1. The summed E-state index contributed by atoms with van der Waals surface area (Å²) < 4.78 is 2.01. The van der Waals surface area contributed by atoms with Crippen LogP contribution in [0.1, 0.15) is 30.5 Å². The maximum absolute atomic E-state index is 12.8. The van der Waals surface area contributed by atoms with Crippen molar-refractivity contribution in [3.8, 4) is 0 Å². The van der Waals surface area contributed by atoms with Crippen molar-refractivity contribution in [2.24, 2.45) is 0 Å². The van der Waals surface area contributed by atoms with Crippen LogP contribution in [0.2, 0.25) is 0 Å². The second kappa shape index (κ2) is 8.57. The molecule has 3 heterocycles. The number of carbonyl (C=O) groups excluding carboxylic acids is 1. The van der Waals surface area contributed by atoms with Crippen LogP contribution in [0.3, 0.4) is 0 Å². The summed E-state index contributed by atoms with van der Waals surface area (Å²) in [4.78, 5) is 21.8. The third-order valence-electron chi connectivity index (χ3n) is 5.66. The number of likely N-dealkylation sites (N-methyl/N-ethyl adjacent to an activating group) is 1. The highest BCUT2D eigenvalue weighted by Gasteiger charge is 2.26. The van der Waals surface area contributed by atoms with E-state index in [-0.39, 0.29) is 5.91 Å². The Bertz CT molecular complexity index is 888. The minimum Gasteiger partial charge on any atom is -0.341 e. The van der Waals surface area contributed by atoms with Gasteiger partial charge in [-0.15, -0.1) is 0 Å². The van der Waals surface area contributed by atoms with Crippen LogP contribution in [-0.4, -0.2) is 51.3 Å². The second-order valence-corrected chi connectivity index (χ2v) is 7.73. The Morgan fingerprint density at radius 2 is 2.00 bits per heavy atom. The number of aromatic nitrogens is 2. The molecule has 1 aliphatic rings. The Hall–Kier alpha value is -2.66. The summed E-state index contributed by atoms with van der Waals surface area (Å²) in [6.07, 6.45) is 7.46. The average molecular weight is 377 g/mol. The number of amides is 1. The van der Waals surface area contributed by atoms with Gasteiger partial charge in [-0.2, -0.15) is 0 Å². The zero-order valence-corrected chi connectivity index (χ0v) is 16.5. The monoisotopic (exact) mass is 376 g/mol. The minimum absolute atomic E-state index is 0.245. The second-order valence-electron chi connectivity index (χ2n) is 7.73. The van der Waals surface area contributed by atoms with Crippen molar-refractivity contribution in [1.82, 2.24) is 19.2 Å². The van der Waals surface area contributed by atoms with E-state index in [1.54, 1.807) is 0 Å². The van der Waals surface area contributed by atoms with Gasteiger partial charge >= 0.3 is 0 Å². The molecule has 0 N–H and O–H groups in total. The Labute approximate surface area is 166 Å². The number of likely N-dealkylation sites (tertiary alicyclic amines) is 1. The van der Waals surface area contributed by atoms with E-state index in [2.05, 4.69) is 41.2 Å². The maximum atomic E-state index is 12.8. The molecule has 1 aromatic carbocycles. The molecule has 0 aliphatic carbocycles. The van der Waals surface area contributed by atoms with Crippen LogP contribution in [0.15, 0.2) is 60.9 Å². The summed E-state index contributed by atoms with van der Waals surface area (Å²) in [5.74, 6) is 0.245. The smallest absolute Gasteiger partial charge is 0.223 e. The summed E-state index contributed by atoms with van der Waals surface area (Å²) in [5, 5.41) is 0. The number of rotatable bonds is 6. The number of hydrogen-bond acceptors (Lipinski definition) is 3. The van der Waals surface area contributed by atoms with Gasteiger partial charge < -0.3 is 9.30 Å². The first-order valence-electron chi connectivity index (χ1n) is 10.1. The molecule has 0 radical (unpaired) electrons. The van der Waals surface area contributed by atoms with Crippen molar-refractivity contribution in [3.05, 3.63) is 72.2 Å². The Morgan fingerprint density at radius 3 is 2.82 bits per heavy atom. The van der Waals surface area contributed by atoms with Gasteiger partial charge in [-0.1, -0.05) is 36.4 Å². The molecule has 1 atom stereocenters. The topological polar surface area (TPSA) is 40.9 Å². The van der Waals surface area contributed by atoms with Crippen molar-refractivity contribution in [1.29, 1.82) is 0 Å². The average Bonchev–Trinajstić information content (AvgIpc) is 3.16. The summed E-state index contributed by atoms with van der Waals surface area (Å²) in [5.41, 5.74) is 3.24. The van der Waals surface area contributed by atoms with E-state index in [0.717, 1.165) is 43.8 Å². The zero-order valence-electron chi connectivity index (χ0n) is 16.5. The van der Waals surface area contributed by atoms with Gasteiger partial charge in [0.05, 0.1) is 5.69 Å². The highest BCUT2D eigenvalue weighted by molar-refractivity contribution is 5.76.